The number of halogens is 1. The first kappa shape index (κ1) is 22.5. The number of nitrogens with one attached hydrogen (secondary N) is 1. The van der Waals surface area contributed by atoms with Crippen molar-refractivity contribution in [3.63, 3.8) is 0 Å². The molecule has 0 heterocycles. The Morgan fingerprint density at radius 2 is 1.48 bits per heavy atom. The summed E-state index contributed by atoms with van der Waals surface area (Å²) in [6.07, 6.45) is 0. The first-order valence-corrected chi connectivity index (χ1v) is 11.3. The summed E-state index contributed by atoms with van der Waals surface area (Å²) in [5.74, 6) is -1.29. The molecule has 3 aromatic carbocycles. The van der Waals surface area contributed by atoms with E-state index in [1.54, 1.807) is 12.1 Å². The van der Waals surface area contributed by atoms with Crippen molar-refractivity contribution in [2.24, 2.45) is 0 Å². The maximum absolute atomic E-state index is 14.6. The van der Waals surface area contributed by atoms with Crippen molar-refractivity contribution in [2.75, 3.05) is 16.2 Å². The minimum absolute atomic E-state index is 0.0168. The number of carbonyl (C=O) groups is 1. The molecule has 31 heavy (non-hydrogen) atoms. The van der Waals surface area contributed by atoms with Crippen molar-refractivity contribution in [3.05, 3.63) is 88.7 Å². The third kappa shape index (κ3) is 4.94. The summed E-state index contributed by atoms with van der Waals surface area (Å²) in [5, 5.41) is 2.79. The quantitative estimate of drug-likeness (QED) is 0.593. The van der Waals surface area contributed by atoms with E-state index in [0.29, 0.717) is 5.69 Å². The lowest BCUT2D eigenvalue weighted by molar-refractivity contribution is -0.114. The predicted octanol–water partition coefficient (Wildman–Crippen LogP) is 4.89. The lowest BCUT2D eigenvalue weighted by Gasteiger charge is -2.25. The SMILES string of the molecule is Cc1ccc(S(=O)(=O)N(CC(=O)Nc2c(C)cc(C)cc2C)c2ccccc2F)cc1. The van der Waals surface area contributed by atoms with Crippen LogP contribution in [0, 0.1) is 33.5 Å². The van der Waals surface area contributed by atoms with E-state index in [-0.39, 0.29) is 10.6 Å². The fourth-order valence-corrected chi connectivity index (χ4v) is 4.91. The molecule has 0 aliphatic rings. The molecule has 0 spiro atoms. The molecule has 0 unspecified atom stereocenters. The zero-order chi connectivity index (χ0) is 22.8. The maximum atomic E-state index is 14.6. The van der Waals surface area contributed by atoms with Gasteiger partial charge in [-0.15, -0.1) is 0 Å². The van der Waals surface area contributed by atoms with E-state index < -0.39 is 28.3 Å². The number of anilines is 2. The molecule has 7 heteroatoms. The third-order valence-corrected chi connectivity index (χ3v) is 6.73. The van der Waals surface area contributed by atoms with Crippen molar-refractivity contribution >= 4 is 27.3 Å². The van der Waals surface area contributed by atoms with E-state index in [9.17, 15) is 17.6 Å². The number of carbonyl (C=O) groups excluding carboxylic acids is 1. The Balaban J connectivity index is 1.99. The molecule has 1 amide bonds. The number of rotatable bonds is 6. The Kier molecular flexibility index (Phi) is 6.45. The van der Waals surface area contributed by atoms with E-state index in [4.69, 9.17) is 0 Å². The Morgan fingerprint density at radius 1 is 0.903 bits per heavy atom. The summed E-state index contributed by atoms with van der Waals surface area (Å²) in [5.41, 5.74) is 4.11. The van der Waals surface area contributed by atoms with Crippen LogP contribution in [0.4, 0.5) is 15.8 Å². The molecule has 5 nitrogen and oxygen atoms in total. The van der Waals surface area contributed by atoms with Crippen LogP contribution in [0.25, 0.3) is 0 Å². The summed E-state index contributed by atoms with van der Waals surface area (Å²) < 4.78 is 42.1. The number of sulfonamides is 1. The van der Waals surface area contributed by atoms with Gasteiger partial charge in [-0.1, -0.05) is 47.5 Å². The van der Waals surface area contributed by atoms with Crippen molar-refractivity contribution < 1.29 is 17.6 Å². The van der Waals surface area contributed by atoms with Gasteiger partial charge in [-0.05, 0) is 63.1 Å². The minimum Gasteiger partial charge on any atom is -0.324 e. The Hall–Kier alpha value is -3.19. The van der Waals surface area contributed by atoms with Crippen LogP contribution in [0.2, 0.25) is 0 Å². The monoisotopic (exact) mass is 440 g/mol. The van der Waals surface area contributed by atoms with Crippen molar-refractivity contribution in [1.82, 2.24) is 0 Å². The second-order valence-corrected chi connectivity index (χ2v) is 9.46. The van der Waals surface area contributed by atoms with E-state index in [1.807, 2.05) is 39.8 Å². The first-order chi connectivity index (χ1) is 14.6. The molecule has 0 fully saturated rings. The number of hydrogen-bond donors (Lipinski definition) is 1. The topological polar surface area (TPSA) is 66.5 Å². The molecule has 3 aromatic rings. The molecule has 0 aliphatic heterocycles. The highest BCUT2D eigenvalue weighted by Crippen LogP contribution is 2.27. The number of aryl methyl sites for hydroxylation is 4. The highest BCUT2D eigenvalue weighted by atomic mass is 32.2. The second-order valence-electron chi connectivity index (χ2n) is 7.60. The molecule has 0 bridgehead atoms. The Labute approximate surface area is 182 Å². The average molecular weight is 441 g/mol. The lowest BCUT2D eigenvalue weighted by Crippen LogP contribution is -2.38. The van der Waals surface area contributed by atoms with Gasteiger partial charge < -0.3 is 5.32 Å². The molecule has 162 valence electrons. The molecule has 0 aromatic heterocycles. The molecule has 0 saturated heterocycles. The third-order valence-electron chi connectivity index (χ3n) is 4.96. The number of hydrogen-bond acceptors (Lipinski definition) is 3. The van der Waals surface area contributed by atoms with Crippen molar-refractivity contribution in [3.8, 4) is 0 Å². The number of para-hydroxylation sites is 1. The highest BCUT2D eigenvalue weighted by Gasteiger charge is 2.29. The van der Waals surface area contributed by atoms with Gasteiger partial charge in [0.2, 0.25) is 5.91 Å². The average Bonchev–Trinajstić information content (AvgIpc) is 2.70. The summed E-state index contributed by atoms with van der Waals surface area (Å²) in [6, 6.07) is 15.6. The second kappa shape index (κ2) is 8.89. The molecule has 0 radical (unpaired) electrons. The first-order valence-electron chi connectivity index (χ1n) is 9.81. The Morgan fingerprint density at radius 3 is 2.06 bits per heavy atom. The van der Waals surface area contributed by atoms with Crippen molar-refractivity contribution in [2.45, 2.75) is 32.6 Å². The van der Waals surface area contributed by atoms with E-state index in [0.717, 1.165) is 26.6 Å². The van der Waals surface area contributed by atoms with Crippen LogP contribution in [0.1, 0.15) is 22.3 Å². The molecule has 0 aliphatic carbocycles. The zero-order valence-corrected chi connectivity index (χ0v) is 18.8. The maximum Gasteiger partial charge on any atom is 0.264 e. The van der Waals surface area contributed by atoms with E-state index in [2.05, 4.69) is 5.32 Å². The zero-order valence-electron chi connectivity index (χ0n) is 17.9. The van der Waals surface area contributed by atoms with Gasteiger partial charge >= 0.3 is 0 Å². The fourth-order valence-electron chi connectivity index (χ4n) is 3.48. The standard InChI is InChI=1S/C24H25FN2O3S/c1-16-9-11-20(12-10-16)31(29,30)27(22-8-6-5-7-21(22)25)15-23(28)26-24-18(3)13-17(2)14-19(24)4/h5-14H,15H2,1-4H3,(H,26,28). The van der Waals surface area contributed by atoms with Gasteiger partial charge in [0, 0.05) is 5.69 Å². The summed E-state index contributed by atoms with van der Waals surface area (Å²) in [4.78, 5) is 12.9. The summed E-state index contributed by atoms with van der Waals surface area (Å²) in [6.45, 7) is 6.97. The normalized spacial score (nSPS) is 11.3. The molecule has 0 saturated carbocycles. The smallest absolute Gasteiger partial charge is 0.264 e. The molecular weight excluding hydrogens is 415 g/mol. The largest absolute Gasteiger partial charge is 0.324 e. The van der Waals surface area contributed by atoms with Crippen LogP contribution in [-0.2, 0) is 14.8 Å². The molecule has 1 N–H and O–H groups in total. The van der Waals surface area contributed by atoms with Crippen LogP contribution < -0.4 is 9.62 Å². The van der Waals surface area contributed by atoms with Crippen LogP contribution >= 0.6 is 0 Å². The van der Waals surface area contributed by atoms with Crippen LogP contribution in [0.5, 0.6) is 0 Å². The van der Waals surface area contributed by atoms with E-state index >= 15 is 0 Å². The lowest BCUT2D eigenvalue weighted by atomic mass is 10.1. The van der Waals surface area contributed by atoms with Gasteiger partial charge in [0.1, 0.15) is 12.4 Å². The Bertz CT molecular complexity index is 1200. The number of nitrogens with zero attached hydrogens (tertiary/aromatic N) is 1. The van der Waals surface area contributed by atoms with Crippen LogP contribution in [0.15, 0.2) is 65.6 Å². The van der Waals surface area contributed by atoms with Gasteiger partial charge in [0.05, 0.1) is 10.6 Å². The van der Waals surface area contributed by atoms with Gasteiger partial charge in [0.15, 0.2) is 0 Å². The minimum atomic E-state index is -4.18. The molecular formula is C24H25FN2O3S. The highest BCUT2D eigenvalue weighted by molar-refractivity contribution is 7.92. The summed E-state index contributed by atoms with van der Waals surface area (Å²) >= 11 is 0. The van der Waals surface area contributed by atoms with Gasteiger partial charge in [0.25, 0.3) is 10.0 Å². The van der Waals surface area contributed by atoms with Gasteiger partial charge in [-0.25, -0.2) is 12.8 Å². The fraction of sp³-hybridized carbons (Fsp3) is 0.208. The predicted molar refractivity (Wildman–Crippen MR) is 121 cm³/mol. The van der Waals surface area contributed by atoms with E-state index in [1.165, 1.54) is 36.4 Å². The number of benzene rings is 3. The van der Waals surface area contributed by atoms with Gasteiger partial charge in [-0.3, -0.25) is 9.10 Å². The van der Waals surface area contributed by atoms with Crippen LogP contribution in [0.3, 0.4) is 0 Å². The van der Waals surface area contributed by atoms with Crippen LogP contribution in [-0.4, -0.2) is 20.9 Å². The summed E-state index contributed by atoms with van der Waals surface area (Å²) in [7, 11) is -4.18. The molecule has 3 rings (SSSR count). The molecule has 0 atom stereocenters. The van der Waals surface area contributed by atoms with Gasteiger partial charge in [-0.2, -0.15) is 0 Å². The number of amides is 1. The van der Waals surface area contributed by atoms with Crippen molar-refractivity contribution in [1.29, 1.82) is 0 Å².